The van der Waals surface area contributed by atoms with Crippen molar-refractivity contribution in [2.75, 3.05) is 0 Å². The fourth-order valence-corrected chi connectivity index (χ4v) is 9.07. The highest BCUT2D eigenvalue weighted by Crippen LogP contribution is 2.78. The summed E-state index contributed by atoms with van der Waals surface area (Å²) in [4.78, 5) is 23.7. The van der Waals surface area contributed by atoms with Crippen LogP contribution in [0, 0.1) is 28.6 Å². The normalized spacial score (nSPS) is 52.2. The Hall–Kier alpha value is -1.70. The van der Waals surface area contributed by atoms with Gasteiger partial charge in [-0.1, -0.05) is 13.8 Å². The molecule has 0 aromatic carbocycles. The van der Waals surface area contributed by atoms with E-state index in [1.54, 1.807) is 6.07 Å². The molecule has 5 aliphatic rings. The Labute approximate surface area is 193 Å². The zero-order valence-electron chi connectivity index (χ0n) is 19.5. The summed E-state index contributed by atoms with van der Waals surface area (Å²) in [6.07, 6.45) is 4.98. The topological polar surface area (TPSA) is 110 Å². The molecule has 2 N–H and O–H groups in total. The second kappa shape index (κ2) is 6.92. The van der Waals surface area contributed by atoms with Gasteiger partial charge in [0.2, 0.25) is 0 Å². The highest BCUT2D eigenvalue weighted by Gasteiger charge is 2.85. The van der Waals surface area contributed by atoms with Crippen molar-refractivity contribution in [3.63, 3.8) is 0 Å². The molecule has 1 aromatic heterocycles. The van der Waals surface area contributed by atoms with Crippen molar-refractivity contribution in [2.24, 2.45) is 28.6 Å². The van der Waals surface area contributed by atoms with Gasteiger partial charge in [-0.15, -0.1) is 0 Å². The van der Waals surface area contributed by atoms with Gasteiger partial charge in [0, 0.05) is 30.2 Å². The maximum Gasteiger partial charge on any atom is 0.335 e. The van der Waals surface area contributed by atoms with E-state index in [1.165, 1.54) is 19.3 Å². The highest BCUT2D eigenvalue weighted by atomic mass is 16.7. The van der Waals surface area contributed by atoms with E-state index < -0.39 is 23.4 Å². The van der Waals surface area contributed by atoms with Gasteiger partial charge in [-0.3, -0.25) is 4.79 Å². The lowest BCUT2D eigenvalue weighted by Crippen LogP contribution is -2.62. The van der Waals surface area contributed by atoms with Gasteiger partial charge in [0.05, 0.1) is 18.5 Å². The number of esters is 1. The number of carbonyl (C=O) groups is 1. The molecule has 1 aromatic rings. The van der Waals surface area contributed by atoms with Crippen LogP contribution in [-0.4, -0.2) is 46.2 Å². The van der Waals surface area contributed by atoms with Gasteiger partial charge in [0.25, 0.3) is 0 Å². The quantitative estimate of drug-likeness (QED) is 0.518. The molecule has 0 unspecified atom stereocenters. The number of ether oxygens (including phenoxy) is 2. The molecule has 1 spiro atoms. The van der Waals surface area contributed by atoms with Crippen LogP contribution < -0.4 is 5.63 Å². The van der Waals surface area contributed by atoms with Crippen molar-refractivity contribution in [3.8, 4) is 0 Å². The van der Waals surface area contributed by atoms with Crippen molar-refractivity contribution in [1.82, 2.24) is 0 Å². The van der Waals surface area contributed by atoms with Crippen LogP contribution in [0.25, 0.3) is 0 Å². The first kappa shape index (κ1) is 21.8. The minimum absolute atomic E-state index is 0.0449. The summed E-state index contributed by atoms with van der Waals surface area (Å²) in [5, 5.41) is 21.8. The van der Waals surface area contributed by atoms with E-state index in [-0.39, 0.29) is 40.8 Å². The molecule has 1 aliphatic heterocycles. The second-order valence-electron chi connectivity index (χ2n) is 11.8. The number of hydrogen-bond donors (Lipinski definition) is 2. The van der Waals surface area contributed by atoms with Crippen LogP contribution in [0.5, 0.6) is 0 Å². The largest absolute Gasteiger partial charge is 0.459 e. The predicted molar refractivity (Wildman–Crippen MR) is 117 cm³/mol. The summed E-state index contributed by atoms with van der Waals surface area (Å²) in [6, 6.07) is 3.20. The summed E-state index contributed by atoms with van der Waals surface area (Å²) >= 11 is 0. The standard InChI is InChI=1S/C26H34O7/c1-13(27)32-22-20(14-4-5-19(30)31-12-14)25(3)9-7-17-21(26(25)23(22)33-26)18(29)11-15-10-16(28)6-8-24(15,17)2/h4-5,12,15-18,20-23,28-29H,6-11H2,1-3H3/t15-,16-,17-,18-,20-,21-,22+,23+,24-,25+,26+/m0/s1. The first-order valence-corrected chi connectivity index (χ1v) is 12.4. The van der Waals surface area contributed by atoms with E-state index in [9.17, 15) is 19.8 Å². The van der Waals surface area contributed by atoms with E-state index in [0.29, 0.717) is 18.3 Å². The number of fused-ring (bicyclic) bond motifs is 3. The van der Waals surface area contributed by atoms with Crippen molar-refractivity contribution in [1.29, 1.82) is 0 Å². The zero-order valence-corrected chi connectivity index (χ0v) is 19.5. The maximum absolute atomic E-state index is 12.1. The first-order chi connectivity index (χ1) is 15.6. The maximum atomic E-state index is 12.1. The summed E-state index contributed by atoms with van der Waals surface area (Å²) in [5.41, 5.74) is -0.444. The molecule has 11 atom stereocenters. The SMILES string of the molecule is CC(=O)O[C@H]1[C@H]2O[C@]23[C@@H]2[C@@H](O)C[C@@H]4C[C@@H](O)CC[C@]4(C)[C@H]2CC[C@]3(C)[C@H]1c1ccc(=O)oc1. The molecule has 6 rings (SSSR count). The van der Waals surface area contributed by atoms with Crippen molar-refractivity contribution in [2.45, 2.75) is 95.2 Å². The first-order valence-electron chi connectivity index (χ1n) is 12.4. The Kier molecular flexibility index (Phi) is 4.57. The van der Waals surface area contributed by atoms with Crippen LogP contribution in [0.4, 0.5) is 0 Å². The average molecular weight is 459 g/mol. The monoisotopic (exact) mass is 458 g/mol. The molecule has 7 heteroatoms. The Bertz CT molecular complexity index is 1020. The molecule has 0 amide bonds. The third kappa shape index (κ3) is 2.73. The third-order valence-corrected chi connectivity index (χ3v) is 10.5. The Morgan fingerprint density at radius 3 is 2.64 bits per heavy atom. The molecule has 33 heavy (non-hydrogen) atoms. The highest BCUT2D eigenvalue weighted by molar-refractivity contribution is 5.66. The molecule has 4 aliphatic carbocycles. The smallest absolute Gasteiger partial charge is 0.335 e. The number of aliphatic hydroxyl groups is 2. The number of hydrogen-bond acceptors (Lipinski definition) is 7. The lowest BCUT2D eigenvalue weighted by Gasteiger charge is -2.62. The Balaban J connectivity index is 1.44. The Morgan fingerprint density at radius 1 is 1.15 bits per heavy atom. The van der Waals surface area contributed by atoms with Crippen molar-refractivity contribution >= 4 is 5.97 Å². The van der Waals surface area contributed by atoms with E-state index in [2.05, 4.69) is 13.8 Å². The van der Waals surface area contributed by atoms with E-state index in [1.807, 2.05) is 0 Å². The minimum Gasteiger partial charge on any atom is -0.459 e. The van der Waals surface area contributed by atoms with Crippen LogP contribution in [0.2, 0.25) is 0 Å². The van der Waals surface area contributed by atoms with Gasteiger partial charge < -0.3 is 24.1 Å². The van der Waals surface area contributed by atoms with Gasteiger partial charge in [-0.2, -0.15) is 0 Å². The summed E-state index contributed by atoms with van der Waals surface area (Å²) in [5.74, 6) is 0.0276. The molecule has 0 radical (unpaired) electrons. The van der Waals surface area contributed by atoms with Gasteiger partial charge >= 0.3 is 11.6 Å². The third-order valence-electron chi connectivity index (χ3n) is 10.5. The summed E-state index contributed by atoms with van der Waals surface area (Å²) in [6.45, 7) is 5.97. The molecule has 7 nitrogen and oxygen atoms in total. The minimum atomic E-state index is -0.569. The van der Waals surface area contributed by atoms with Crippen LogP contribution in [0.3, 0.4) is 0 Å². The number of rotatable bonds is 2. The van der Waals surface area contributed by atoms with E-state index in [0.717, 1.165) is 37.7 Å². The van der Waals surface area contributed by atoms with Gasteiger partial charge in [0.1, 0.15) is 17.8 Å². The number of epoxide rings is 1. The number of carbonyl (C=O) groups excluding carboxylic acids is 1. The fraction of sp³-hybridized carbons (Fsp3) is 0.769. The van der Waals surface area contributed by atoms with Crippen molar-refractivity contribution in [3.05, 3.63) is 34.4 Å². The average Bonchev–Trinajstić information content (AvgIpc) is 3.45. The zero-order chi connectivity index (χ0) is 23.3. The van der Waals surface area contributed by atoms with Crippen LogP contribution in [0.15, 0.2) is 27.6 Å². The van der Waals surface area contributed by atoms with Gasteiger partial charge in [-0.25, -0.2) is 4.79 Å². The predicted octanol–water partition coefficient (Wildman–Crippen LogP) is 2.77. The summed E-state index contributed by atoms with van der Waals surface area (Å²) < 4.78 is 17.6. The van der Waals surface area contributed by atoms with E-state index >= 15 is 0 Å². The van der Waals surface area contributed by atoms with Crippen LogP contribution in [0.1, 0.15) is 70.8 Å². The van der Waals surface area contributed by atoms with Crippen molar-refractivity contribution < 1.29 is 28.9 Å². The molecule has 5 fully saturated rings. The Morgan fingerprint density at radius 2 is 1.94 bits per heavy atom. The molecule has 4 saturated carbocycles. The van der Waals surface area contributed by atoms with Crippen LogP contribution >= 0.6 is 0 Å². The lowest BCUT2D eigenvalue weighted by atomic mass is 9.43. The lowest BCUT2D eigenvalue weighted by molar-refractivity contribution is -0.186. The number of aliphatic hydroxyl groups excluding tert-OH is 2. The molecule has 0 bridgehead atoms. The van der Waals surface area contributed by atoms with E-state index in [4.69, 9.17) is 13.9 Å². The second-order valence-corrected chi connectivity index (χ2v) is 11.8. The van der Waals surface area contributed by atoms with Gasteiger partial charge in [0.15, 0.2) is 0 Å². The van der Waals surface area contributed by atoms with Crippen LogP contribution in [-0.2, 0) is 14.3 Å². The molecule has 180 valence electrons. The molecule has 1 saturated heterocycles. The summed E-state index contributed by atoms with van der Waals surface area (Å²) in [7, 11) is 0. The fourth-order valence-electron chi connectivity index (χ4n) is 9.07. The molecule has 2 heterocycles. The van der Waals surface area contributed by atoms with Gasteiger partial charge in [-0.05, 0) is 67.4 Å². The molecular formula is C26H34O7. The molecular weight excluding hydrogens is 424 g/mol.